The van der Waals surface area contributed by atoms with Gasteiger partial charge in [-0.1, -0.05) is 30.3 Å². The fraction of sp³-hybridized carbons (Fsp3) is 0.304. The van der Waals surface area contributed by atoms with Crippen molar-refractivity contribution in [3.8, 4) is 16.9 Å². The molecule has 4 rings (SSSR count). The minimum Gasteiger partial charge on any atom is -0.497 e. The van der Waals surface area contributed by atoms with Crippen molar-refractivity contribution in [1.82, 2.24) is 4.90 Å². The van der Waals surface area contributed by atoms with Gasteiger partial charge in [-0.15, -0.1) is 0 Å². The Labute approximate surface area is 168 Å². The van der Waals surface area contributed by atoms with E-state index in [0.717, 1.165) is 16.5 Å². The van der Waals surface area contributed by atoms with E-state index in [1.807, 2.05) is 42.5 Å². The van der Waals surface area contributed by atoms with Gasteiger partial charge in [0, 0.05) is 36.5 Å². The molecule has 3 aromatic rings. The predicted octanol–water partition coefficient (Wildman–Crippen LogP) is 4.44. The first-order valence-corrected chi connectivity index (χ1v) is 9.74. The number of carbonyl (C=O) groups is 2. The molecule has 1 aromatic heterocycles. The number of carbonyl (C=O) groups excluding carboxylic acids is 1. The van der Waals surface area contributed by atoms with Gasteiger partial charge in [0.25, 0.3) is 5.91 Å². The van der Waals surface area contributed by atoms with Crippen molar-refractivity contribution in [2.75, 3.05) is 20.2 Å². The largest absolute Gasteiger partial charge is 0.497 e. The summed E-state index contributed by atoms with van der Waals surface area (Å²) in [7, 11) is 1.59. The predicted molar refractivity (Wildman–Crippen MR) is 109 cm³/mol. The van der Waals surface area contributed by atoms with Crippen LogP contribution >= 0.6 is 0 Å². The number of aliphatic carboxylic acids is 1. The highest BCUT2D eigenvalue weighted by Gasteiger charge is 2.30. The van der Waals surface area contributed by atoms with Crippen LogP contribution in [0.3, 0.4) is 0 Å². The Bertz CT molecular complexity index is 1030. The molecule has 0 aliphatic carbocycles. The molecule has 1 saturated heterocycles. The Balaban J connectivity index is 1.69. The molecule has 2 aromatic carbocycles. The third-order valence-electron chi connectivity index (χ3n) is 5.52. The van der Waals surface area contributed by atoms with Crippen LogP contribution in [0.25, 0.3) is 22.1 Å². The summed E-state index contributed by atoms with van der Waals surface area (Å²) in [5.74, 6) is 0.153. The first-order valence-electron chi connectivity index (χ1n) is 9.74. The Morgan fingerprint density at radius 2 is 1.86 bits per heavy atom. The van der Waals surface area contributed by atoms with E-state index in [0.29, 0.717) is 43.0 Å². The average Bonchev–Trinajstić information content (AvgIpc) is 3.12. The van der Waals surface area contributed by atoms with Crippen LogP contribution in [-0.4, -0.2) is 42.1 Å². The number of carboxylic acid groups (broad SMARTS) is 1. The number of likely N-dealkylation sites (tertiary alicyclic amines) is 1. The van der Waals surface area contributed by atoms with E-state index in [9.17, 15) is 9.59 Å². The maximum atomic E-state index is 13.3. The fourth-order valence-corrected chi connectivity index (χ4v) is 3.98. The van der Waals surface area contributed by atoms with Crippen molar-refractivity contribution in [2.45, 2.75) is 19.3 Å². The van der Waals surface area contributed by atoms with Gasteiger partial charge in [-0.25, -0.2) is 0 Å². The monoisotopic (exact) mass is 393 g/mol. The molecule has 0 radical (unpaired) electrons. The third-order valence-corrected chi connectivity index (χ3v) is 5.52. The van der Waals surface area contributed by atoms with Crippen LogP contribution in [0.5, 0.6) is 5.75 Å². The number of piperidine rings is 1. The highest BCUT2D eigenvalue weighted by atomic mass is 16.5. The fourth-order valence-electron chi connectivity index (χ4n) is 3.98. The second kappa shape index (κ2) is 7.99. The average molecular weight is 393 g/mol. The molecule has 1 fully saturated rings. The third kappa shape index (κ3) is 3.83. The number of amides is 1. The molecule has 150 valence electrons. The Morgan fingerprint density at radius 1 is 1.14 bits per heavy atom. The van der Waals surface area contributed by atoms with Crippen LogP contribution in [-0.2, 0) is 4.79 Å². The maximum Gasteiger partial charge on any atom is 0.303 e. The molecule has 2 heterocycles. The van der Waals surface area contributed by atoms with Gasteiger partial charge in [-0.05, 0) is 36.5 Å². The lowest BCUT2D eigenvalue weighted by Crippen LogP contribution is -2.38. The van der Waals surface area contributed by atoms with Gasteiger partial charge in [0.05, 0.1) is 7.11 Å². The highest BCUT2D eigenvalue weighted by molar-refractivity contribution is 6.08. The van der Waals surface area contributed by atoms with E-state index in [2.05, 4.69) is 0 Å². The normalized spacial score (nSPS) is 14.9. The smallest absolute Gasteiger partial charge is 0.303 e. The summed E-state index contributed by atoms with van der Waals surface area (Å²) < 4.78 is 11.3. The molecule has 1 aliphatic rings. The molecule has 0 spiro atoms. The Morgan fingerprint density at radius 3 is 2.52 bits per heavy atom. The number of rotatable bonds is 5. The van der Waals surface area contributed by atoms with Crippen molar-refractivity contribution >= 4 is 22.8 Å². The second-order valence-electron chi connectivity index (χ2n) is 7.37. The number of ether oxygens (including phenoxy) is 1. The molecule has 0 atom stereocenters. The summed E-state index contributed by atoms with van der Waals surface area (Å²) in [6.07, 6.45) is 1.53. The van der Waals surface area contributed by atoms with Crippen LogP contribution in [0.1, 0.15) is 29.8 Å². The van der Waals surface area contributed by atoms with Gasteiger partial charge in [0.1, 0.15) is 11.3 Å². The van der Waals surface area contributed by atoms with Crippen LogP contribution in [0.2, 0.25) is 0 Å². The lowest BCUT2D eigenvalue weighted by Gasteiger charge is -2.31. The number of carboxylic acids is 1. The van der Waals surface area contributed by atoms with Gasteiger partial charge in [-0.3, -0.25) is 9.59 Å². The zero-order valence-electron chi connectivity index (χ0n) is 16.3. The molecule has 1 amide bonds. The van der Waals surface area contributed by atoms with Gasteiger partial charge >= 0.3 is 5.97 Å². The number of hydrogen-bond acceptors (Lipinski definition) is 4. The minimum atomic E-state index is -0.785. The molecular formula is C23H23NO5. The molecule has 0 saturated carbocycles. The van der Waals surface area contributed by atoms with E-state index < -0.39 is 5.97 Å². The Kier molecular flexibility index (Phi) is 5.25. The zero-order chi connectivity index (χ0) is 20.4. The van der Waals surface area contributed by atoms with E-state index in [4.69, 9.17) is 14.3 Å². The van der Waals surface area contributed by atoms with Crippen LogP contribution in [0.15, 0.2) is 52.9 Å². The van der Waals surface area contributed by atoms with Crippen LogP contribution in [0.4, 0.5) is 0 Å². The zero-order valence-corrected chi connectivity index (χ0v) is 16.3. The van der Waals surface area contributed by atoms with Crippen LogP contribution < -0.4 is 4.74 Å². The summed E-state index contributed by atoms with van der Waals surface area (Å²) in [6.45, 7) is 1.07. The topological polar surface area (TPSA) is 80.0 Å². The summed E-state index contributed by atoms with van der Waals surface area (Å²) in [6, 6.07) is 15.3. The molecule has 0 bridgehead atoms. The number of methoxy groups -OCH3 is 1. The first kappa shape index (κ1) is 19.1. The van der Waals surface area contributed by atoms with Crippen molar-refractivity contribution in [2.24, 2.45) is 5.92 Å². The van der Waals surface area contributed by atoms with E-state index in [1.54, 1.807) is 18.1 Å². The van der Waals surface area contributed by atoms with Gasteiger partial charge < -0.3 is 19.2 Å². The first-order chi connectivity index (χ1) is 14.1. The molecule has 29 heavy (non-hydrogen) atoms. The van der Waals surface area contributed by atoms with E-state index in [-0.39, 0.29) is 18.2 Å². The minimum absolute atomic E-state index is 0.116. The molecular weight excluding hydrogens is 370 g/mol. The summed E-state index contributed by atoms with van der Waals surface area (Å²) in [5, 5.41) is 9.86. The second-order valence-corrected chi connectivity index (χ2v) is 7.37. The van der Waals surface area contributed by atoms with E-state index >= 15 is 0 Å². The standard InChI is InChI=1S/C23H23NO5/c1-28-17-7-8-18-19(14-17)29-22(21(18)16-5-3-2-4-6-16)23(27)24-11-9-15(10-12-24)13-20(25)26/h2-8,14-15H,9-13H2,1H3,(H,25,26). The van der Waals surface area contributed by atoms with Crippen molar-refractivity contribution in [1.29, 1.82) is 0 Å². The van der Waals surface area contributed by atoms with Gasteiger partial charge in [0.15, 0.2) is 0 Å². The summed E-state index contributed by atoms with van der Waals surface area (Å²) >= 11 is 0. The van der Waals surface area contributed by atoms with Gasteiger partial charge in [-0.2, -0.15) is 0 Å². The van der Waals surface area contributed by atoms with Gasteiger partial charge in [0.2, 0.25) is 5.76 Å². The molecule has 1 aliphatic heterocycles. The Hall–Kier alpha value is -3.28. The summed E-state index contributed by atoms with van der Waals surface area (Å²) in [5.41, 5.74) is 2.30. The molecule has 6 heteroatoms. The number of furan rings is 1. The molecule has 1 N–H and O–H groups in total. The molecule has 6 nitrogen and oxygen atoms in total. The lowest BCUT2D eigenvalue weighted by molar-refractivity contribution is -0.138. The lowest BCUT2D eigenvalue weighted by atomic mass is 9.93. The highest BCUT2D eigenvalue weighted by Crippen LogP contribution is 2.37. The van der Waals surface area contributed by atoms with Crippen molar-refractivity contribution < 1.29 is 23.8 Å². The number of benzene rings is 2. The number of nitrogens with zero attached hydrogens (tertiary/aromatic N) is 1. The SMILES string of the molecule is COc1ccc2c(-c3ccccc3)c(C(=O)N3CCC(CC(=O)O)CC3)oc2c1. The quantitative estimate of drug-likeness (QED) is 0.693. The van der Waals surface area contributed by atoms with Crippen molar-refractivity contribution in [3.63, 3.8) is 0 Å². The maximum absolute atomic E-state index is 13.3. The van der Waals surface area contributed by atoms with Crippen molar-refractivity contribution in [3.05, 3.63) is 54.3 Å². The molecule has 0 unspecified atom stereocenters. The van der Waals surface area contributed by atoms with Crippen LogP contribution in [0, 0.1) is 5.92 Å². The van der Waals surface area contributed by atoms with E-state index in [1.165, 1.54) is 0 Å². The number of hydrogen-bond donors (Lipinski definition) is 1. The summed E-state index contributed by atoms with van der Waals surface area (Å²) in [4.78, 5) is 26.0. The number of fused-ring (bicyclic) bond motifs is 1.